The average Bonchev–Trinajstić information content (AvgIpc) is 2.03. The lowest BCUT2D eigenvalue weighted by atomic mass is 10.2. The highest BCUT2D eigenvalue weighted by Crippen LogP contribution is 2.18. The van der Waals surface area contributed by atoms with Crippen LogP contribution in [-0.4, -0.2) is 17.3 Å². The van der Waals surface area contributed by atoms with Gasteiger partial charge in [-0.1, -0.05) is 23.2 Å². The molecule has 5 heteroatoms. The number of pyridine rings is 1. The van der Waals surface area contributed by atoms with Crippen molar-refractivity contribution in [2.75, 3.05) is 6.54 Å². The van der Waals surface area contributed by atoms with Crippen LogP contribution in [0.25, 0.3) is 0 Å². The van der Waals surface area contributed by atoms with Crippen LogP contribution in [0, 0.1) is 0 Å². The summed E-state index contributed by atoms with van der Waals surface area (Å²) in [4.78, 5) is 14.8. The predicted molar refractivity (Wildman–Crippen MR) is 47.6 cm³/mol. The summed E-state index contributed by atoms with van der Waals surface area (Å²) in [6.07, 6.45) is 1.36. The van der Waals surface area contributed by atoms with E-state index in [1.807, 2.05) is 0 Å². The lowest BCUT2D eigenvalue weighted by Gasteiger charge is -1.99. The number of halogens is 2. The Morgan fingerprint density at radius 1 is 1.58 bits per heavy atom. The lowest BCUT2D eigenvalue weighted by molar-refractivity contribution is 0.0997. The number of carbonyl (C=O) groups is 1. The van der Waals surface area contributed by atoms with E-state index in [0.717, 1.165) is 0 Å². The number of aromatic nitrogens is 1. The van der Waals surface area contributed by atoms with Crippen molar-refractivity contribution in [3.63, 3.8) is 0 Å². The van der Waals surface area contributed by atoms with Gasteiger partial charge in [0.2, 0.25) is 0 Å². The van der Waals surface area contributed by atoms with Crippen LogP contribution in [0.5, 0.6) is 0 Å². The third-order valence-electron chi connectivity index (χ3n) is 1.26. The number of nitrogens with two attached hydrogens (primary N) is 1. The third kappa shape index (κ3) is 1.94. The maximum atomic E-state index is 11.0. The fraction of sp³-hybridized carbons (Fsp3) is 0.143. The fourth-order valence-corrected chi connectivity index (χ4v) is 1.20. The molecule has 0 spiro atoms. The van der Waals surface area contributed by atoms with Gasteiger partial charge in [-0.3, -0.25) is 4.79 Å². The third-order valence-corrected chi connectivity index (χ3v) is 1.75. The smallest absolute Gasteiger partial charge is 0.196 e. The molecular formula is C7H6Cl2N2O. The summed E-state index contributed by atoms with van der Waals surface area (Å²) < 4.78 is 0. The Morgan fingerprint density at radius 3 is 2.75 bits per heavy atom. The second kappa shape index (κ2) is 3.85. The first kappa shape index (κ1) is 9.45. The van der Waals surface area contributed by atoms with Gasteiger partial charge in [-0.25, -0.2) is 4.98 Å². The van der Waals surface area contributed by atoms with Crippen LogP contribution in [0.1, 0.15) is 10.5 Å². The first-order chi connectivity index (χ1) is 5.65. The predicted octanol–water partition coefficient (Wildman–Crippen LogP) is 1.53. The van der Waals surface area contributed by atoms with Crippen LogP contribution in [0.15, 0.2) is 12.3 Å². The zero-order valence-corrected chi connectivity index (χ0v) is 7.56. The van der Waals surface area contributed by atoms with Crippen molar-refractivity contribution >= 4 is 29.0 Å². The van der Waals surface area contributed by atoms with Crippen LogP contribution in [0.2, 0.25) is 10.0 Å². The Bertz CT molecular complexity index is 314. The summed E-state index contributed by atoms with van der Waals surface area (Å²) >= 11 is 11.3. The molecule has 3 nitrogen and oxygen atoms in total. The lowest BCUT2D eigenvalue weighted by Crippen LogP contribution is -2.15. The highest BCUT2D eigenvalue weighted by atomic mass is 35.5. The van der Waals surface area contributed by atoms with Crippen LogP contribution < -0.4 is 5.73 Å². The van der Waals surface area contributed by atoms with Crippen molar-refractivity contribution in [2.24, 2.45) is 5.73 Å². The first-order valence-corrected chi connectivity index (χ1v) is 3.95. The topological polar surface area (TPSA) is 56.0 Å². The van der Waals surface area contributed by atoms with E-state index in [-0.39, 0.29) is 23.0 Å². The van der Waals surface area contributed by atoms with Gasteiger partial charge in [0.15, 0.2) is 5.78 Å². The van der Waals surface area contributed by atoms with Crippen LogP contribution in [0.3, 0.4) is 0 Å². The van der Waals surface area contributed by atoms with Gasteiger partial charge in [0.25, 0.3) is 0 Å². The van der Waals surface area contributed by atoms with E-state index in [1.54, 1.807) is 0 Å². The van der Waals surface area contributed by atoms with Gasteiger partial charge < -0.3 is 5.73 Å². The van der Waals surface area contributed by atoms with E-state index in [4.69, 9.17) is 28.9 Å². The van der Waals surface area contributed by atoms with Gasteiger partial charge in [0.05, 0.1) is 16.6 Å². The Hall–Kier alpha value is -0.640. The minimum Gasteiger partial charge on any atom is -0.324 e. The molecule has 0 radical (unpaired) electrons. The summed E-state index contributed by atoms with van der Waals surface area (Å²) in [6.45, 7) is -0.103. The fourth-order valence-electron chi connectivity index (χ4n) is 0.716. The minimum atomic E-state index is -0.295. The summed E-state index contributed by atoms with van der Waals surface area (Å²) in [6, 6.07) is 1.46. The van der Waals surface area contributed by atoms with E-state index in [9.17, 15) is 4.79 Å². The highest BCUT2D eigenvalue weighted by Gasteiger charge is 2.09. The molecule has 0 unspecified atom stereocenters. The number of ketones is 1. The normalized spacial score (nSPS) is 9.92. The molecule has 1 heterocycles. The highest BCUT2D eigenvalue weighted by molar-refractivity contribution is 6.36. The van der Waals surface area contributed by atoms with E-state index in [2.05, 4.69) is 4.98 Å². The van der Waals surface area contributed by atoms with Gasteiger partial charge in [0, 0.05) is 6.20 Å². The van der Waals surface area contributed by atoms with Gasteiger partial charge in [0.1, 0.15) is 5.69 Å². The number of hydrogen-bond donors (Lipinski definition) is 1. The molecule has 0 aliphatic rings. The van der Waals surface area contributed by atoms with E-state index in [0.29, 0.717) is 5.02 Å². The molecule has 0 aliphatic carbocycles. The molecule has 0 aromatic carbocycles. The second-order valence-corrected chi connectivity index (χ2v) is 2.95. The summed E-state index contributed by atoms with van der Waals surface area (Å²) in [5.41, 5.74) is 5.30. The Balaban J connectivity index is 3.09. The van der Waals surface area contributed by atoms with Crippen molar-refractivity contribution in [1.29, 1.82) is 0 Å². The maximum Gasteiger partial charge on any atom is 0.196 e. The second-order valence-electron chi connectivity index (χ2n) is 2.11. The molecular weight excluding hydrogens is 199 g/mol. The molecule has 64 valence electrons. The summed E-state index contributed by atoms with van der Waals surface area (Å²) in [5, 5.41) is 0.631. The average molecular weight is 205 g/mol. The minimum absolute atomic E-state index is 0.103. The molecule has 1 aromatic heterocycles. The molecule has 1 rings (SSSR count). The van der Waals surface area contributed by atoms with Crippen molar-refractivity contribution < 1.29 is 4.79 Å². The number of carbonyl (C=O) groups excluding carboxylic acids is 1. The zero-order valence-electron chi connectivity index (χ0n) is 6.05. The van der Waals surface area contributed by atoms with Crippen molar-refractivity contribution in [3.8, 4) is 0 Å². The molecule has 1 aromatic rings. The standard InChI is InChI=1S/C7H6Cl2N2O/c8-4-1-5(9)7(11-3-4)6(12)2-10/h1,3H,2,10H2. The Kier molecular flexibility index (Phi) is 3.03. The summed E-state index contributed by atoms with van der Waals surface area (Å²) in [5.74, 6) is -0.295. The summed E-state index contributed by atoms with van der Waals surface area (Å²) in [7, 11) is 0. The van der Waals surface area contributed by atoms with E-state index < -0.39 is 0 Å². The molecule has 0 bridgehead atoms. The number of Topliss-reactive ketones (excluding diaryl/α,β-unsaturated/α-hetero) is 1. The van der Waals surface area contributed by atoms with Gasteiger partial charge >= 0.3 is 0 Å². The number of hydrogen-bond acceptors (Lipinski definition) is 3. The Labute approximate surface area is 79.5 Å². The molecule has 0 saturated carbocycles. The van der Waals surface area contributed by atoms with Crippen LogP contribution in [-0.2, 0) is 0 Å². The van der Waals surface area contributed by atoms with Crippen molar-refractivity contribution in [3.05, 3.63) is 28.0 Å². The molecule has 2 N–H and O–H groups in total. The van der Waals surface area contributed by atoms with Gasteiger partial charge in [-0.05, 0) is 6.07 Å². The maximum absolute atomic E-state index is 11.0. The monoisotopic (exact) mass is 204 g/mol. The quantitative estimate of drug-likeness (QED) is 0.744. The van der Waals surface area contributed by atoms with E-state index in [1.165, 1.54) is 12.3 Å². The molecule has 0 atom stereocenters. The number of rotatable bonds is 2. The molecule has 0 aliphatic heterocycles. The largest absolute Gasteiger partial charge is 0.324 e. The first-order valence-electron chi connectivity index (χ1n) is 3.19. The Morgan fingerprint density at radius 2 is 2.25 bits per heavy atom. The molecule has 12 heavy (non-hydrogen) atoms. The molecule has 0 saturated heterocycles. The molecule has 0 fully saturated rings. The SMILES string of the molecule is NCC(=O)c1ncc(Cl)cc1Cl. The molecule has 0 amide bonds. The number of nitrogens with zero attached hydrogens (tertiary/aromatic N) is 1. The zero-order chi connectivity index (χ0) is 9.14. The van der Waals surface area contributed by atoms with Crippen LogP contribution >= 0.6 is 23.2 Å². The van der Waals surface area contributed by atoms with Crippen LogP contribution in [0.4, 0.5) is 0 Å². The van der Waals surface area contributed by atoms with E-state index >= 15 is 0 Å². The van der Waals surface area contributed by atoms with Gasteiger partial charge in [-0.2, -0.15) is 0 Å². The van der Waals surface area contributed by atoms with Crippen molar-refractivity contribution in [1.82, 2.24) is 4.98 Å². The van der Waals surface area contributed by atoms with Crippen molar-refractivity contribution in [2.45, 2.75) is 0 Å². The van der Waals surface area contributed by atoms with Gasteiger partial charge in [-0.15, -0.1) is 0 Å².